The number of hydrogen-bond acceptors (Lipinski definition) is 1. The number of carboxylic acid groups (broad SMARTS) is 1. The van der Waals surface area contributed by atoms with E-state index in [0.29, 0.717) is 6.42 Å². The normalized spacial score (nSPS) is 30.0. The fourth-order valence-corrected chi connectivity index (χ4v) is 1.89. The summed E-state index contributed by atoms with van der Waals surface area (Å²) in [7, 11) is 0. The number of hydrogen-bond donors (Lipinski definition) is 1. The van der Waals surface area contributed by atoms with E-state index in [0.717, 1.165) is 5.56 Å². The van der Waals surface area contributed by atoms with E-state index in [9.17, 15) is 9.18 Å². The van der Waals surface area contributed by atoms with Crippen molar-refractivity contribution in [1.82, 2.24) is 0 Å². The molecule has 0 aromatic heterocycles. The van der Waals surface area contributed by atoms with Crippen molar-refractivity contribution in [1.29, 1.82) is 0 Å². The summed E-state index contributed by atoms with van der Waals surface area (Å²) in [6.45, 7) is 1.86. The zero-order valence-electron chi connectivity index (χ0n) is 7.83. The second-order valence-corrected chi connectivity index (χ2v) is 4.02. The molecule has 1 N–H and O–H groups in total. The van der Waals surface area contributed by atoms with E-state index >= 15 is 0 Å². The first-order valence-electron chi connectivity index (χ1n) is 4.53. The Morgan fingerprint density at radius 3 is 2.86 bits per heavy atom. The molecular formula is C11H11FO2. The van der Waals surface area contributed by atoms with E-state index in [1.807, 2.05) is 6.92 Å². The van der Waals surface area contributed by atoms with Gasteiger partial charge in [0.2, 0.25) is 0 Å². The predicted octanol–water partition coefficient (Wildman–Crippen LogP) is 2.19. The molecule has 74 valence electrons. The first kappa shape index (κ1) is 9.19. The van der Waals surface area contributed by atoms with Crippen molar-refractivity contribution in [3.05, 3.63) is 35.6 Å². The van der Waals surface area contributed by atoms with Crippen LogP contribution in [0.15, 0.2) is 24.3 Å². The highest BCUT2D eigenvalue weighted by Crippen LogP contribution is 2.53. The van der Waals surface area contributed by atoms with Crippen molar-refractivity contribution >= 4 is 5.97 Å². The van der Waals surface area contributed by atoms with Crippen LogP contribution < -0.4 is 0 Å². The summed E-state index contributed by atoms with van der Waals surface area (Å²) in [5, 5.41) is 8.83. The highest BCUT2D eigenvalue weighted by molar-refractivity contribution is 5.77. The summed E-state index contributed by atoms with van der Waals surface area (Å²) in [5.74, 6) is -1.46. The molecule has 1 aliphatic carbocycles. The molecule has 0 spiro atoms. The second kappa shape index (κ2) is 2.80. The van der Waals surface area contributed by atoms with Gasteiger partial charge in [0.15, 0.2) is 0 Å². The smallest absolute Gasteiger partial charge is 0.307 e. The highest BCUT2D eigenvalue weighted by Gasteiger charge is 2.55. The third-order valence-electron chi connectivity index (χ3n) is 3.02. The monoisotopic (exact) mass is 194 g/mol. The van der Waals surface area contributed by atoms with Crippen LogP contribution in [-0.2, 0) is 10.2 Å². The minimum absolute atomic E-state index is 0.306. The van der Waals surface area contributed by atoms with E-state index in [1.54, 1.807) is 12.1 Å². The van der Waals surface area contributed by atoms with Crippen LogP contribution in [-0.4, -0.2) is 11.1 Å². The fraction of sp³-hybridized carbons (Fsp3) is 0.364. The van der Waals surface area contributed by atoms with Gasteiger partial charge in [-0.1, -0.05) is 19.1 Å². The molecule has 1 fully saturated rings. The van der Waals surface area contributed by atoms with E-state index in [2.05, 4.69) is 0 Å². The van der Waals surface area contributed by atoms with Crippen molar-refractivity contribution in [3.8, 4) is 0 Å². The Labute approximate surface area is 81.4 Å². The summed E-state index contributed by atoms with van der Waals surface area (Å²) in [6, 6.07) is 6.19. The van der Waals surface area contributed by atoms with Gasteiger partial charge in [-0.05, 0) is 24.1 Å². The maximum Gasteiger partial charge on any atom is 0.307 e. The first-order valence-corrected chi connectivity index (χ1v) is 4.53. The van der Waals surface area contributed by atoms with E-state index in [-0.39, 0.29) is 17.2 Å². The minimum Gasteiger partial charge on any atom is -0.481 e. The molecular weight excluding hydrogens is 183 g/mol. The molecule has 0 aliphatic heterocycles. The van der Waals surface area contributed by atoms with Crippen LogP contribution in [0.2, 0.25) is 0 Å². The average molecular weight is 194 g/mol. The third kappa shape index (κ3) is 1.29. The van der Waals surface area contributed by atoms with Crippen LogP contribution in [0, 0.1) is 11.7 Å². The number of rotatable bonds is 2. The lowest BCUT2D eigenvalue weighted by Gasteiger charge is -2.09. The Kier molecular flexibility index (Phi) is 1.84. The molecule has 1 aromatic carbocycles. The van der Waals surface area contributed by atoms with Gasteiger partial charge in [-0.15, -0.1) is 0 Å². The summed E-state index contributed by atoms with van der Waals surface area (Å²) in [4.78, 5) is 10.7. The Hall–Kier alpha value is -1.38. The van der Waals surface area contributed by atoms with E-state index < -0.39 is 5.97 Å². The number of halogens is 1. The summed E-state index contributed by atoms with van der Waals surface area (Å²) < 4.78 is 12.9. The SMILES string of the molecule is CC1(c2cccc(F)c2)C[C@H]1C(=O)O. The van der Waals surface area contributed by atoms with Gasteiger partial charge in [-0.3, -0.25) is 4.79 Å². The average Bonchev–Trinajstić information content (AvgIpc) is 2.80. The standard InChI is InChI=1S/C11H11FO2/c1-11(6-9(11)10(13)14)7-3-2-4-8(12)5-7/h2-5,9H,6H2,1H3,(H,13,14)/t9-,11?/m0/s1. The van der Waals surface area contributed by atoms with Gasteiger partial charge in [0, 0.05) is 5.41 Å². The van der Waals surface area contributed by atoms with Crippen molar-refractivity contribution < 1.29 is 14.3 Å². The second-order valence-electron chi connectivity index (χ2n) is 4.02. The van der Waals surface area contributed by atoms with Crippen LogP contribution in [0.25, 0.3) is 0 Å². The van der Waals surface area contributed by atoms with Gasteiger partial charge < -0.3 is 5.11 Å². The fourth-order valence-electron chi connectivity index (χ4n) is 1.89. The van der Waals surface area contributed by atoms with Crippen molar-refractivity contribution in [3.63, 3.8) is 0 Å². The van der Waals surface area contributed by atoms with Crippen LogP contribution in [0.3, 0.4) is 0 Å². The molecule has 0 saturated heterocycles. The molecule has 1 aromatic rings. The Morgan fingerprint density at radius 1 is 1.64 bits per heavy atom. The zero-order chi connectivity index (χ0) is 10.3. The third-order valence-corrected chi connectivity index (χ3v) is 3.02. The highest BCUT2D eigenvalue weighted by atomic mass is 19.1. The summed E-state index contributed by atoms with van der Waals surface area (Å²) in [5.41, 5.74) is 0.415. The molecule has 2 atom stereocenters. The molecule has 0 amide bonds. The summed E-state index contributed by atoms with van der Waals surface area (Å²) in [6.07, 6.45) is 0.603. The van der Waals surface area contributed by atoms with E-state index in [1.165, 1.54) is 12.1 Å². The Balaban J connectivity index is 2.30. The van der Waals surface area contributed by atoms with Crippen LogP contribution in [0.5, 0.6) is 0 Å². The number of aliphatic carboxylic acids is 1. The topological polar surface area (TPSA) is 37.3 Å². The summed E-state index contributed by atoms with van der Waals surface area (Å²) >= 11 is 0. The maximum atomic E-state index is 12.9. The molecule has 0 heterocycles. The maximum absolute atomic E-state index is 12.9. The lowest BCUT2D eigenvalue weighted by atomic mass is 9.95. The van der Waals surface area contributed by atoms with Gasteiger partial charge in [0.25, 0.3) is 0 Å². The van der Waals surface area contributed by atoms with Gasteiger partial charge in [0.05, 0.1) is 5.92 Å². The molecule has 14 heavy (non-hydrogen) atoms. The quantitative estimate of drug-likeness (QED) is 0.783. The molecule has 0 bridgehead atoms. The van der Waals surface area contributed by atoms with Crippen LogP contribution >= 0.6 is 0 Å². The van der Waals surface area contributed by atoms with Crippen molar-refractivity contribution in [2.45, 2.75) is 18.8 Å². The molecule has 2 nitrogen and oxygen atoms in total. The number of carbonyl (C=O) groups is 1. The lowest BCUT2D eigenvalue weighted by Crippen LogP contribution is -2.11. The van der Waals surface area contributed by atoms with Gasteiger partial charge in [-0.25, -0.2) is 4.39 Å². The van der Waals surface area contributed by atoms with Crippen molar-refractivity contribution in [2.24, 2.45) is 5.92 Å². The Bertz CT molecular complexity index is 389. The predicted molar refractivity (Wildman–Crippen MR) is 49.5 cm³/mol. The lowest BCUT2D eigenvalue weighted by molar-refractivity contribution is -0.138. The molecule has 2 rings (SSSR count). The number of benzene rings is 1. The van der Waals surface area contributed by atoms with Gasteiger partial charge in [-0.2, -0.15) is 0 Å². The number of carboxylic acids is 1. The minimum atomic E-state index is -0.795. The molecule has 0 radical (unpaired) electrons. The zero-order valence-corrected chi connectivity index (χ0v) is 7.83. The van der Waals surface area contributed by atoms with Gasteiger partial charge >= 0.3 is 5.97 Å². The first-order chi connectivity index (χ1) is 6.54. The van der Waals surface area contributed by atoms with Crippen LogP contribution in [0.4, 0.5) is 4.39 Å². The largest absolute Gasteiger partial charge is 0.481 e. The van der Waals surface area contributed by atoms with Gasteiger partial charge in [0.1, 0.15) is 5.82 Å². The Morgan fingerprint density at radius 2 is 2.36 bits per heavy atom. The van der Waals surface area contributed by atoms with Crippen molar-refractivity contribution in [2.75, 3.05) is 0 Å². The van der Waals surface area contributed by atoms with E-state index in [4.69, 9.17) is 5.11 Å². The molecule has 1 saturated carbocycles. The van der Waals surface area contributed by atoms with Crippen LogP contribution in [0.1, 0.15) is 18.9 Å². The molecule has 1 unspecified atom stereocenters. The molecule has 1 aliphatic rings. The molecule has 3 heteroatoms.